The maximum atomic E-state index is 13.0. The van der Waals surface area contributed by atoms with Gasteiger partial charge in [0.05, 0.1) is 5.69 Å². The fourth-order valence-corrected chi connectivity index (χ4v) is 6.08. The van der Waals surface area contributed by atoms with E-state index in [-0.39, 0.29) is 5.91 Å². The normalized spacial score (nSPS) is 18.5. The highest BCUT2D eigenvalue weighted by Gasteiger charge is 2.24. The molecule has 7 heteroatoms. The van der Waals surface area contributed by atoms with Gasteiger partial charge in [0.2, 0.25) is 5.95 Å². The van der Waals surface area contributed by atoms with Gasteiger partial charge >= 0.3 is 0 Å². The van der Waals surface area contributed by atoms with Gasteiger partial charge in [-0.2, -0.15) is 4.98 Å². The van der Waals surface area contributed by atoms with Gasteiger partial charge in [0.25, 0.3) is 5.91 Å². The summed E-state index contributed by atoms with van der Waals surface area (Å²) in [6, 6.07) is 14.4. The predicted octanol–water partition coefficient (Wildman–Crippen LogP) is 6.02. The highest BCUT2D eigenvalue weighted by molar-refractivity contribution is 5.94. The molecule has 0 spiro atoms. The zero-order valence-corrected chi connectivity index (χ0v) is 24.4. The van der Waals surface area contributed by atoms with Crippen LogP contribution in [0.25, 0.3) is 0 Å². The summed E-state index contributed by atoms with van der Waals surface area (Å²) in [6.45, 7) is 5.23. The van der Waals surface area contributed by atoms with Crippen LogP contribution in [0.3, 0.4) is 0 Å². The number of amides is 1. The summed E-state index contributed by atoms with van der Waals surface area (Å²) in [7, 11) is 4.13. The third kappa shape index (κ3) is 6.75. The van der Waals surface area contributed by atoms with Crippen LogP contribution >= 0.6 is 0 Å². The molecule has 1 heterocycles. The van der Waals surface area contributed by atoms with Crippen molar-refractivity contribution in [2.45, 2.75) is 77.9 Å². The third-order valence-corrected chi connectivity index (χ3v) is 8.26. The van der Waals surface area contributed by atoms with Crippen molar-refractivity contribution in [3.8, 4) is 5.75 Å². The summed E-state index contributed by atoms with van der Waals surface area (Å²) >= 11 is 0. The van der Waals surface area contributed by atoms with E-state index in [1.165, 1.54) is 24.1 Å². The number of benzene rings is 2. The molecule has 1 saturated carbocycles. The average molecular weight is 542 g/mol. The van der Waals surface area contributed by atoms with Gasteiger partial charge in [-0.25, -0.2) is 4.98 Å². The van der Waals surface area contributed by atoms with Crippen molar-refractivity contribution in [2.75, 3.05) is 30.9 Å². The largest absolute Gasteiger partial charge is 0.488 e. The SMILES string of the molecule is Cc1cc(C(=O)NC[C@H]2CC[C@@H](Nc3nc4c(c(N(C)C)n3)CCCC4)CC2)cc(C)c1OCc1ccccc1. The van der Waals surface area contributed by atoms with E-state index in [0.717, 1.165) is 72.7 Å². The van der Waals surface area contributed by atoms with Crippen molar-refractivity contribution < 1.29 is 9.53 Å². The van der Waals surface area contributed by atoms with Crippen molar-refractivity contribution >= 4 is 17.7 Å². The molecule has 2 N–H and O–H groups in total. The van der Waals surface area contributed by atoms with E-state index in [4.69, 9.17) is 14.7 Å². The second-order valence-electron chi connectivity index (χ2n) is 11.7. The Bertz CT molecular complexity index is 1290. The molecule has 40 heavy (non-hydrogen) atoms. The van der Waals surface area contributed by atoms with Crippen LogP contribution in [0.4, 0.5) is 11.8 Å². The summed E-state index contributed by atoms with van der Waals surface area (Å²) in [5.74, 6) is 3.15. The Labute approximate surface area is 238 Å². The molecule has 3 aromatic rings. The number of fused-ring (bicyclic) bond motifs is 1. The Hall–Kier alpha value is -3.61. The second-order valence-corrected chi connectivity index (χ2v) is 11.7. The molecular formula is C33H43N5O2. The standard InChI is InChI=1S/C33H43N5O2/c1-22-18-26(19-23(2)30(22)40-21-25-10-6-5-7-11-25)32(39)34-20-24-14-16-27(17-15-24)35-33-36-29-13-9-8-12-28(29)31(37-33)38(3)4/h5-7,10-11,18-19,24,27H,8-9,12-17,20-21H2,1-4H3,(H,34,39)(H,35,36,37)/t24-,27+. The van der Waals surface area contributed by atoms with Gasteiger partial charge in [0, 0.05) is 37.8 Å². The van der Waals surface area contributed by atoms with Gasteiger partial charge in [0.15, 0.2) is 0 Å². The van der Waals surface area contributed by atoms with Crippen LogP contribution in [0, 0.1) is 19.8 Å². The van der Waals surface area contributed by atoms with E-state index in [9.17, 15) is 4.79 Å². The highest BCUT2D eigenvalue weighted by atomic mass is 16.5. The minimum absolute atomic E-state index is 0.0141. The maximum Gasteiger partial charge on any atom is 0.251 e. The number of aryl methyl sites for hydroxylation is 3. The Morgan fingerprint density at radius 2 is 1.68 bits per heavy atom. The zero-order valence-electron chi connectivity index (χ0n) is 24.4. The number of nitrogens with zero attached hydrogens (tertiary/aromatic N) is 3. The molecule has 1 amide bonds. The summed E-state index contributed by atoms with van der Waals surface area (Å²) in [4.78, 5) is 24.9. The molecule has 1 aromatic heterocycles. The molecule has 0 unspecified atom stereocenters. The fourth-order valence-electron chi connectivity index (χ4n) is 6.08. The lowest BCUT2D eigenvalue weighted by Crippen LogP contribution is -2.34. The van der Waals surface area contributed by atoms with E-state index >= 15 is 0 Å². The van der Waals surface area contributed by atoms with Crippen LogP contribution in [0.1, 0.15) is 76.8 Å². The minimum Gasteiger partial charge on any atom is -0.488 e. The van der Waals surface area contributed by atoms with Crippen molar-refractivity contribution in [3.63, 3.8) is 0 Å². The monoisotopic (exact) mass is 541 g/mol. The molecule has 0 atom stereocenters. The number of nitrogens with one attached hydrogen (secondary N) is 2. The van der Waals surface area contributed by atoms with Crippen molar-refractivity contribution in [3.05, 3.63) is 76.0 Å². The Kier molecular flexibility index (Phi) is 8.88. The van der Waals surface area contributed by atoms with Gasteiger partial charge in [-0.05, 0) is 100.0 Å². The zero-order chi connectivity index (χ0) is 28.1. The van der Waals surface area contributed by atoms with Crippen molar-refractivity contribution in [2.24, 2.45) is 5.92 Å². The number of aromatic nitrogens is 2. The first-order valence-corrected chi connectivity index (χ1v) is 14.8. The predicted molar refractivity (Wildman–Crippen MR) is 161 cm³/mol. The quantitative estimate of drug-likeness (QED) is 0.345. The first kappa shape index (κ1) is 27.9. The van der Waals surface area contributed by atoms with E-state index in [1.807, 2.05) is 44.2 Å². The number of hydrogen-bond acceptors (Lipinski definition) is 6. The number of ether oxygens (including phenoxy) is 1. The van der Waals surface area contributed by atoms with Crippen molar-refractivity contribution in [1.29, 1.82) is 0 Å². The summed E-state index contributed by atoms with van der Waals surface area (Å²) in [5, 5.41) is 6.82. The third-order valence-electron chi connectivity index (χ3n) is 8.26. The van der Waals surface area contributed by atoms with Gasteiger partial charge in [0.1, 0.15) is 18.2 Å². The number of hydrogen-bond donors (Lipinski definition) is 2. The molecular weight excluding hydrogens is 498 g/mol. The minimum atomic E-state index is -0.0141. The number of anilines is 2. The summed E-state index contributed by atoms with van der Waals surface area (Å²) < 4.78 is 6.09. The van der Waals surface area contributed by atoms with Crippen LogP contribution < -0.4 is 20.3 Å². The topological polar surface area (TPSA) is 79.4 Å². The average Bonchev–Trinajstić information content (AvgIpc) is 2.96. The molecule has 2 aromatic carbocycles. The fraction of sp³-hybridized carbons (Fsp3) is 0.485. The molecule has 7 nitrogen and oxygen atoms in total. The molecule has 2 aliphatic rings. The smallest absolute Gasteiger partial charge is 0.251 e. The van der Waals surface area contributed by atoms with E-state index in [0.29, 0.717) is 30.7 Å². The molecule has 5 rings (SSSR count). The molecule has 0 aliphatic heterocycles. The van der Waals surface area contributed by atoms with E-state index < -0.39 is 0 Å². The van der Waals surface area contributed by atoms with Gasteiger partial charge < -0.3 is 20.3 Å². The van der Waals surface area contributed by atoms with Crippen LogP contribution in [0.5, 0.6) is 5.75 Å². The van der Waals surface area contributed by atoms with Crippen molar-refractivity contribution in [1.82, 2.24) is 15.3 Å². The van der Waals surface area contributed by atoms with E-state index in [2.05, 4.69) is 41.8 Å². The molecule has 0 saturated heterocycles. The number of rotatable bonds is 9. The lowest BCUT2D eigenvalue weighted by Gasteiger charge is -2.30. The molecule has 0 bridgehead atoms. The lowest BCUT2D eigenvalue weighted by molar-refractivity contribution is 0.0943. The van der Waals surface area contributed by atoms with E-state index in [1.54, 1.807) is 0 Å². The van der Waals surface area contributed by atoms with Gasteiger partial charge in [-0.1, -0.05) is 30.3 Å². The summed E-state index contributed by atoms with van der Waals surface area (Å²) in [5.41, 5.74) is 6.32. The second kappa shape index (κ2) is 12.7. The first-order chi connectivity index (χ1) is 19.4. The van der Waals surface area contributed by atoms with Crippen LogP contribution in [0.15, 0.2) is 42.5 Å². The molecule has 0 radical (unpaired) electrons. The Balaban J connectivity index is 1.11. The van der Waals surface area contributed by atoms with Gasteiger partial charge in [-0.15, -0.1) is 0 Å². The van der Waals surface area contributed by atoms with Crippen LogP contribution in [0.2, 0.25) is 0 Å². The van der Waals surface area contributed by atoms with Crippen LogP contribution in [-0.4, -0.2) is 42.6 Å². The number of carbonyl (C=O) groups excluding carboxylic acids is 1. The Morgan fingerprint density at radius 1 is 0.975 bits per heavy atom. The van der Waals surface area contributed by atoms with Crippen LogP contribution in [-0.2, 0) is 19.4 Å². The first-order valence-electron chi connectivity index (χ1n) is 14.8. The molecule has 2 aliphatic carbocycles. The molecule has 1 fully saturated rings. The lowest BCUT2D eigenvalue weighted by atomic mass is 9.86. The molecule has 212 valence electrons. The number of carbonyl (C=O) groups is 1. The highest BCUT2D eigenvalue weighted by Crippen LogP contribution is 2.31. The summed E-state index contributed by atoms with van der Waals surface area (Å²) in [6.07, 6.45) is 8.82. The van der Waals surface area contributed by atoms with Gasteiger partial charge in [-0.3, -0.25) is 4.79 Å². The maximum absolute atomic E-state index is 13.0. The Morgan fingerprint density at radius 3 is 2.38 bits per heavy atom.